The minimum absolute atomic E-state index is 0.0799. The van der Waals surface area contributed by atoms with Gasteiger partial charge in [0.1, 0.15) is 22.9 Å². The van der Waals surface area contributed by atoms with E-state index in [0.717, 1.165) is 21.5 Å². The molecule has 31 heavy (non-hydrogen) atoms. The van der Waals surface area contributed by atoms with Crippen LogP contribution in [0.3, 0.4) is 0 Å². The molecule has 160 valence electrons. The first-order chi connectivity index (χ1) is 14.9. The van der Waals surface area contributed by atoms with Gasteiger partial charge in [-0.15, -0.1) is 11.3 Å². The number of rotatable bonds is 2. The molecule has 9 heteroatoms. The van der Waals surface area contributed by atoms with Crippen LogP contribution >= 0.6 is 11.3 Å². The molecule has 0 saturated heterocycles. The van der Waals surface area contributed by atoms with Crippen LogP contribution in [0.2, 0.25) is 0 Å². The van der Waals surface area contributed by atoms with E-state index in [1.54, 1.807) is 22.9 Å². The Hall–Kier alpha value is -3.20. The Morgan fingerprint density at radius 2 is 1.97 bits per heavy atom. The number of carbonyl (C=O) groups is 3. The van der Waals surface area contributed by atoms with Crippen molar-refractivity contribution < 1.29 is 14.4 Å². The Labute approximate surface area is 183 Å². The van der Waals surface area contributed by atoms with Crippen LogP contribution in [0.25, 0.3) is 11.0 Å². The summed E-state index contributed by atoms with van der Waals surface area (Å²) in [4.78, 5) is 49.3. The van der Waals surface area contributed by atoms with Gasteiger partial charge in [-0.2, -0.15) is 0 Å². The van der Waals surface area contributed by atoms with Crippen LogP contribution in [0, 0.1) is 0 Å². The summed E-state index contributed by atoms with van der Waals surface area (Å²) in [5.74, 6) is -0.319. The van der Waals surface area contributed by atoms with Gasteiger partial charge in [-0.25, -0.2) is 4.98 Å². The number of hydrogen-bond acceptors (Lipinski definition) is 5. The van der Waals surface area contributed by atoms with E-state index in [1.165, 1.54) is 16.2 Å². The maximum absolute atomic E-state index is 13.2. The van der Waals surface area contributed by atoms with Crippen molar-refractivity contribution >= 4 is 45.1 Å². The fourth-order valence-corrected chi connectivity index (χ4v) is 5.81. The minimum atomic E-state index is -0.121. The highest BCUT2D eigenvalue weighted by molar-refractivity contribution is 7.17. The lowest BCUT2D eigenvalue weighted by atomic mass is 10.0. The highest BCUT2D eigenvalue weighted by Crippen LogP contribution is 2.41. The van der Waals surface area contributed by atoms with Gasteiger partial charge in [0.25, 0.3) is 11.8 Å². The van der Waals surface area contributed by atoms with E-state index >= 15 is 0 Å². The van der Waals surface area contributed by atoms with E-state index < -0.39 is 0 Å². The first kappa shape index (κ1) is 19.7. The first-order valence-electron chi connectivity index (χ1n) is 10.3. The number of hydrogen-bond donors (Lipinski definition) is 0. The van der Waals surface area contributed by atoms with Crippen molar-refractivity contribution in [1.29, 1.82) is 0 Å². The lowest BCUT2D eigenvalue weighted by molar-refractivity contribution is -0.118. The molecule has 5 heterocycles. The van der Waals surface area contributed by atoms with Gasteiger partial charge < -0.3 is 19.3 Å². The monoisotopic (exact) mass is 437 g/mol. The van der Waals surface area contributed by atoms with Crippen molar-refractivity contribution in [2.45, 2.75) is 19.9 Å². The highest BCUT2D eigenvalue weighted by atomic mass is 32.1. The van der Waals surface area contributed by atoms with Gasteiger partial charge >= 0.3 is 0 Å². The predicted molar refractivity (Wildman–Crippen MR) is 118 cm³/mol. The van der Waals surface area contributed by atoms with E-state index in [4.69, 9.17) is 0 Å². The molecule has 8 nitrogen and oxygen atoms in total. The Balaban J connectivity index is 1.49. The van der Waals surface area contributed by atoms with Crippen LogP contribution in [0.1, 0.15) is 38.2 Å². The molecule has 0 atom stereocenters. The lowest BCUT2D eigenvalue weighted by Crippen LogP contribution is -2.38. The number of aromatic nitrogens is 2. The minimum Gasteiger partial charge on any atom is -0.336 e. The van der Waals surface area contributed by atoms with Crippen LogP contribution < -0.4 is 4.90 Å². The van der Waals surface area contributed by atoms with Gasteiger partial charge in [0, 0.05) is 43.6 Å². The average molecular weight is 438 g/mol. The van der Waals surface area contributed by atoms with Crippen molar-refractivity contribution in [3.63, 3.8) is 0 Å². The summed E-state index contributed by atoms with van der Waals surface area (Å²) in [6, 6.07) is 5.65. The lowest BCUT2D eigenvalue weighted by Gasteiger charge is -2.27. The SMILES string of the molecule is CCN1C(=O)CN(C)C(=O)c2c1sc1c2CCN(C(=O)c2ccc3ccn(C)c3n2)C1. The van der Waals surface area contributed by atoms with E-state index in [0.29, 0.717) is 42.3 Å². The van der Waals surface area contributed by atoms with Crippen LogP contribution in [0.15, 0.2) is 24.4 Å². The molecule has 0 radical (unpaired) electrons. The molecule has 5 rings (SSSR count). The standard InChI is InChI=1S/C22H23N5O3S/c1-4-27-17(28)12-25(3)21(30)18-14-8-10-26(11-16(14)31-22(18)27)20(29)15-6-5-13-7-9-24(2)19(13)23-15/h5-7,9H,4,8,10-12H2,1-3H3. The number of likely N-dealkylation sites (N-methyl/N-ethyl adjacent to an activating group) is 2. The van der Waals surface area contributed by atoms with E-state index in [9.17, 15) is 14.4 Å². The highest BCUT2D eigenvalue weighted by Gasteiger charge is 2.37. The van der Waals surface area contributed by atoms with Gasteiger partial charge in [-0.3, -0.25) is 14.4 Å². The summed E-state index contributed by atoms with van der Waals surface area (Å²) >= 11 is 1.46. The molecule has 0 unspecified atom stereocenters. The van der Waals surface area contributed by atoms with Gasteiger partial charge in [0.15, 0.2) is 0 Å². The third kappa shape index (κ3) is 3.03. The molecular weight excluding hydrogens is 414 g/mol. The van der Waals surface area contributed by atoms with Gasteiger partial charge in [0.05, 0.1) is 12.1 Å². The van der Waals surface area contributed by atoms with Crippen molar-refractivity contribution in [3.05, 3.63) is 46.1 Å². The van der Waals surface area contributed by atoms with Crippen molar-refractivity contribution in [1.82, 2.24) is 19.4 Å². The smallest absolute Gasteiger partial charge is 0.272 e. The molecule has 0 spiro atoms. The summed E-state index contributed by atoms with van der Waals surface area (Å²) in [6.45, 7) is 3.44. The zero-order valence-corrected chi connectivity index (χ0v) is 18.5. The van der Waals surface area contributed by atoms with Gasteiger partial charge in [-0.1, -0.05) is 0 Å². The number of anilines is 1. The quantitative estimate of drug-likeness (QED) is 0.616. The predicted octanol–water partition coefficient (Wildman–Crippen LogP) is 2.27. The van der Waals surface area contributed by atoms with Crippen molar-refractivity contribution in [2.75, 3.05) is 31.6 Å². The fraction of sp³-hybridized carbons (Fsp3) is 0.364. The Morgan fingerprint density at radius 3 is 2.74 bits per heavy atom. The molecule has 0 saturated carbocycles. The van der Waals surface area contributed by atoms with Crippen molar-refractivity contribution in [2.24, 2.45) is 7.05 Å². The number of nitrogens with zero attached hydrogens (tertiary/aromatic N) is 5. The number of thiophene rings is 1. The first-order valence-corrected chi connectivity index (χ1v) is 11.1. The van der Waals surface area contributed by atoms with Crippen LogP contribution in [0.4, 0.5) is 5.00 Å². The zero-order valence-electron chi connectivity index (χ0n) is 17.7. The van der Waals surface area contributed by atoms with Crippen LogP contribution in [-0.4, -0.2) is 63.8 Å². The molecule has 0 fully saturated rings. The van der Waals surface area contributed by atoms with E-state index in [-0.39, 0.29) is 24.3 Å². The molecule has 0 aliphatic carbocycles. The van der Waals surface area contributed by atoms with Gasteiger partial charge in [0.2, 0.25) is 5.91 Å². The summed E-state index contributed by atoms with van der Waals surface area (Å²) < 4.78 is 1.90. The summed E-state index contributed by atoms with van der Waals surface area (Å²) in [5.41, 5.74) is 2.79. The third-order valence-electron chi connectivity index (χ3n) is 6.06. The number of carbonyl (C=O) groups excluding carboxylic acids is 3. The molecule has 0 bridgehead atoms. The molecule has 2 aliphatic heterocycles. The molecule has 0 N–H and O–H groups in total. The normalized spacial score (nSPS) is 16.5. The molecule has 0 aromatic carbocycles. The second kappa shape index (κ2) is 7.19. The number of amides is 3. The Bertz CT molecular complexity index is 1240. The number of aryl methyl sites for hydroxylation is 1. The fourth-order valence-electron chi connectivity index (χ4n) is 4.37. The maximum Gasteiger partial charge on any atom is 0.272 e. The molecule has 2 aliphatic rings. The molecule has 3 amide bonds. The third-order valence-corrected chi connectivity index (χ3v) is 7.30. The largest absolute Gasteiger partial charge is 0.336 e. The zero-order chi connectivity index (χ0) is 21.9. The summed E-state index contributed by atoms with van der Waals surface area (Å²) in [6.07, 6.45) is 2.51. The van der Waals surface area contributed by atoms with Crippen molar-refractivity contribution in [3.8, 4) is 0 Å². The van der Waals surface area contributed by atoms with E-state index in [1.807, 2.05) is 36.9 Å². The number of fused-ring (bicyclic) bond motifs is 4. The van der Waals surface area contributed by atoms with Crippen LogP contribution in [-0.2, 0) is 24.8 Å². The second-order valence-corrected chi connectivity index (χ2v) is 9.08. The summed E-state index contributed by atoms with van der Waals surface area (Å²) in [7, 11) is 3.57. The summed E-state index contributed by atoms with van der Waals surface area (Å²) in [5, 5.41) is 1.71. The van der Waals surface area contributed by atoms with E-state index in [2.05, 4.69) is 4.98 Å². The Morgan fingerprint density at radius 1 is 1.16 bits per heavy atom. The molecule has 3 aromatic heterocycles. The molecular formula is C22H23N5O3S. The van der Waals surface area contributed by atoms with Gasteiger partial charge in [-0.05, 0) is 37.1 Å². The Kier molecular flexibility index (Phi) is 4.58. The number of pyridine rings is 1. The second-order valence-electron chi connectivity index (χ2n) is 8.00. The maximum atomic E-state index is 13.2. The van der Waals surface area contributed by atoms with Crippen LogP contribution in [0.5, 0.6) is 0 Å². The topological polar surface area (TPSA) is 78.8 Å². The molecule has 3 aromatic rings. The average Bonchev–Trinajstić information content (AvgIpc) is 3.30.